The van der Waals surface area contributed by atoms with Gasteiger partial charge in [-0.3, -0.25) is 4.79 Å². The quantitative estimate of drug-likeness (QED) is 0.591. The van der Waals surface area contributed by atoms with Crippen LogP contribution in [-0.4, -0.2) is 18.0 Å². The monoisotopic (exact) mass is 384 g/mol. The van der Waals surface area contributed by atoms with Crippen molar-refractivity contribution in [3.63, 3.8) is 0 Å². The number of thiazole rings is 1. The van der Waals surface area contributed by atoms with E-state index >= 15 is 0 Å². The average Bonchev–Trinajstić information content (AvgIpc) is 3.05. The molecule has 134 valence electrons. The zero-order valence-corrected chi connectivity index (χ0v) is 16.5. The van der Waals surface area contributed by atoms with E-state index in [0.29, 0.717) is 11.4 Å². The number of thioether (sulfide) groups is 1. The van der Waals surface area contributed by atoms with Crippen molar-refractivity contribution in [2.45, 2.75) is 23.4 Å². The van der Waals surface area contributed by atoms with E-state index in [0.717, 1.165) is 21.2 Å². The number of hydrogen-bond acceptors (Lipinski definition) is 5. The SMILES string of the molecule is COc1ccc(C)cc1NC(=O)[C@H](Sc1nc(C)cs1)c1ccccc1. The maximum Gasteiger partial charge on any atom is 0.242 e. The first-order chi connectivity index (χ1) is 12.6. The summed E-state index contributed by atoms with van der Waals surface area (Å²) in [5.41, 5.74) is 3.63. The van der Waals surface area contributed by atoms with Crippen LogP contribution in [0.4, 0.5) is 5.69 Å². The van der Waals surface area contributed by atoms with Gasteiger partial charge in [-0.05, 0) is 37.1 Å². The van der Waals surface area contributed by atoms with Gasteiger partial charge in [0.1, 0.15) is 11.0 Å². The van der Waals surface area contributed by atoms with E-state index in [2.05, 4.69) is 10.3 Å². The summed E-state index contributed by atoms with van der Waals surface area (Å²) in [7, 11) is 1.60. The molecule has 0 saturated heterocycles. The molecule has 1 aromatic heterocycles. The van der Waals surface area contributed by atoms with Gasteiger partial charge in [-0.2, -0.15) is 0 Å². The predicted octanol–water partition coefficient (Wildman–Crippen LogP) is 5.24. The number of rotatable bonds is 6. The Labute approximate surface area is 161 Å². The minimum atomic E-state index is -0.396. The lowest BCUT2D eigenvalue weighted by Gasteiger charge is -2.17. The number of amides is 1. The van der Waals surface area contributed by atoms with E-state index in [-0.39, 0.29) is 5.91 Å². The van der Waals surface area contributed by atoms with Gasteiger partial charge in [-0.1, -0.05) is 48.2 Å². The van der Waals surface area contributed by atoms with Crippen LogP contribution in [-0.2, 0) is 4.79 Å². The number of ether oxygens (including phenoxy) is 1. The highest BCUT2D eigenvalue weighted by Gasteiger charge is 2.24. The van der Waals surface area contributed by atoms with Crippen LogP contribution in [0.3, 0.4) is 0 Å². The summed E-state index contributed by atoms with van der Waals surface area (Å²) < 4.78 is 6.25. The number of methoxy groups -OCH3 is 1. The van der Waals surface area contributed by atoms with Gasteiger partial charge in [0, 0.05) is 11.1 Å². The topological polar surface area (TPSA) is 51.2 Å². The number of aryl methyl sites for hydroxylation is 2. The molecular weight excluding hydrogens is 364 g/mol. The van der Waals surface area contributed by atoms with Crippen LogP contribution >= 0.6 is 23.1 Å². The second kappa shape index (κ2) is 8.38. The molecule has 4 nitrogen and oxygen atoms in total. The molecule has 3 rings (SSSR count). The second-order valence-corrected chi connectivity index (χ2v) is 8.07. The molecule has 0 unspecified atom stereocenters. The molecule has 0 spiro atoms. The Balaban J connectivity index is 1.89. The van der Waals surface area contributed by atoms with Crippen molar-refractivity contribution >= 4 is 34.7 Å². The van der Waals surface area contributed by atoms with Crippen LogP contribution in [0, 0.1) is 13.8 Å². The Kier molecular flexibility index (Phi) is 5.96. The minimum absolute atomic E-state index is 0.0991. The van der Waals surface area contributed by atoms with E-state index in [9.17, 15) is 4.79 Å². The highest BCUT2D eigenvalue weighted by atomic mass is 32.2. The molecule has 0 fully saturated rings. The van der Waals surface area contributed by atoms with Gasteiger partial charge in [0.25, 0.3) is 0 Å². The molecule has 26 heavy (non-hydrogen) atoms. The van der Waals surface area contributed by atoms with Crippen molar-refractivity contribution in [3.8, 4) is 5.75 Å². The molecule has 1 amide bonds. The number of nitrogens with zero attached hydrogens (tertiary/aromatic N) is 1. The van der Waals surface area contributed by atoms with E-state index in [4.69, 9.17) is 4.74 Å². The molecular formula is C20H20N2O2S2. The zero-order valence-electron chi connectivity index (χ0n) is 14.9. The summed E-state index contributed by atoms with van der Waals surface area (Å²) in [6.45, 7) is 3.94. The van der Waals surface area contributed by atoms with Gasteiger partial charge < -0.3 is 10.1 Å². The van der Waals surface area contributed by atoms with Crippen molar-refractivity contribution in [3.05, 3.63) is 70.7 Å². The molecule has 3 aromatic rings. The molecule has 1 atom stereocenters. The van der Waals surface area contributed by atoms with E-state index in [1.54, 1.807) is 18.4 Å². The van der Waals surface area contributed by atoms with Crippen LogP contribution in [0.25, 0.3) is 0 Å². The summed E-state index contributed by atoms with van der Waals surface area (Å²) in [6.07, 6.45) is 0. The van der Waals surface area contributed by atoms with Gasteiger partial charge in [0.2, 0.25) is 5.91 Å². The van der Waals surface area contributed by atoms with Crippen LogP contribution in [0.5, 0.6) is 5.75 Å². The molecule has 0 radical (unpaired) electrons. The number of aromatic nitrogens is 1. The second-order valence-electron chi connectivity index (χ2n) is 5.86. The van der Waals surface area contributed by atoms with Crippen LogP contribution in [0.2, 0.25) is 0 Å². The first kappa shape index (κ1) is 18.5. The Hall–Kier alpha value is -2.31. The van der Waals surface area contributed by atoms with Gasteiger partial charge in [-0.15, -0.1) is 11.3 Å². The van der Waals surface area contributed by atoms with E-state index < -0.39 is 5.25 Å². The molecule has 0 saturated carbocycles. The number of hydrogen-bond donors (Lipinski definition) is 1. The Morgan fingerprint density at radius 2 is 1.96 bits per heavy atom. The number of carbonyl (C=O) groups excluding carboxylic acids is 1. The van der Waals surface area contributed by atoms with E-state index in [1.165, 1.54) is 11.8 Å². The largest absolute Gasteiger partial charge is 0.495 e. The van der Waals surface area contributed by atoms with Gasteiger partial charge >= 0.3 is 0 Å². The zero-order chi connectivity index (χ0) is 18.5. The number of carbonyl (C=O) groups is 1. The third kappa shape index (κ3) is 4.45. The normalized spacial score (nSPS) is 11.8. The summed E-state index contributed by atoms with van der Waals surface area (Å²) in [6, 6.07) is 15.5. The van der Waals surface area contributed by atoms with Gasteiger partial charge in [0.05, 0.1) is 12.8 Å². The lowest BCUT2D eigenvalue weighted by atomic mass is 10.1. The summed E-state index contributed by atoms with van der Waals surface area (Å²) in [5.74, 6) is 0.545. The summed E-state index contributed by atoms with van der Waals surface area (Å²) in [4.78, 5) is 17.6. The van der Waals surface area contributed by atoms with Crippen molar-refractivity contribution < 1.29 is 9.53 Å². The first-order valence-corrected chi connectivity index (χ1v) is 9.92. The molecule has 0 aliphatic heterocycles. The lowest BCUT2D eigenvalue weighted by molar-refractivity contribution is -0.115. The number of benzene rings is 2. The van der Waals surface area contributed by atoms with Crippen molar-refractivity contribution in [1.82, 2.24) is 4.98 Å². The smallest absolute Gasteiger partial charge is 0.242 e. The molecule has 0 aliphatic carbocycles. The van der Waals surface area contributed by atoms with Crippen molar-refractivity contribution in [2.24, 2.45) is 0 Å². The summed E-state index contributed by atoms with van der Waals surface area (Å²) in [5, 5.41) is 4.62. The molecule has 0 bridgehead atoms. The highest BCUT2D eigenvalue weighted by molar-refractivity contribution is 8.01. The average molecular weight is 385 g/mol. The maximum absolute atomic E-state index is 13.1. The lowest BCUT2D eigenvalue weighted by Crippen LogP contribution is -2.19. The third-order valence-corrected chi connectivity index (χ3v) is 6.11. The fourth-order valence-electron chi connectivity index (χ4n) is 2.51. The number of nitrogens with one attached hydrogen (secondary N) is 1. The van der Waals surface area contributed by atoms with Crippen molar-refractivity contribution in [1.29, 1.82) is 0 Å². The van der Waals surface area contributed by atoms with Crippen LogP contribution in [0.15, 0.2) is 58.3 Å². The fourth-order valence-corrected chi connectivity index (χ4v) is 4.54. The molecule has 6 heteroatoms. The standard InChI is InChI=1S/C20H20N2O2S2/c1-13-9-10-17(24-3)16(11-13)22-19(23)18(15-7-5-4-6-8-15)26-20-21-14(2)12-25-20/h4-12,18H,1-3H3,(H,22,23)/t18-/m1/s1. The van der Waals surface area contributed by atoms with E-state index in [1.807, 2.05) is 67.8 Å². The predicted molar refractivity (Wildman–Crippen MR) is 108 cm³/mol. The Morgan fingerprint density at radius 1 is 1.19 bits per heavy atom. The molecule has 1 heterocycles. The fraction of sp³-hybridized carbons (Fsp3) is 0.200. The van der Waals surface area contributed by atoms with Crippen LogP contribution < -0.4 is 10.1 Å². The Bertz CT molecular complexity index is 894. The van der Waals surface area contributed by atoms with Gasteiger partial charge in [0.15, 0.2) is 4.34 Å². The molecule has 1 N–H and O–H groups in total. The third-order valence-electron chi connectivity index (χ3n) is 3.77. The molecule has 0 aliphatic rings. The summed E-state index contributed by atoms with van der Waals surface area (Å²) >= 11 is 3.02. The first-order valence-electron chi connectivity index (χ1n) is 8.16. The van der Waals surface area contributed by atoms with Crippen LogP contribution in [0.1, 0.15) is 22.1 Å². The van der Waals surface area contributed by atoms with Gasteiger partial charge in [-0.25, -0.2) is 4.98 Å². The van der Waals surface area contributed by atoms with Crippen molar-refractivity contribution in [2.75, 3.05) is 12.4 Å². The Morgan fingerprint density at radius 3 is 2.62 bits per heavy atom. The minimum Gasteiger partial charge on any atom is -0.495 e. The maximum atomic E-state index is 13.1. The number of anilines is 1. The molecule has 2 aromatic carbocycles. The highest BCUT2D eigenvalue weighted by Crippen LogP contribution is 2.38.